The number of ether oxygens (including phenoxy) is 1. The van der Waals surface area contributed by atoms with E-state index in [-0.39, 0.29) is 12.6 Å². The van der Waals surface area contributed by atoms with Crippen molar-refractivity contribution in [2.75, 3.05) is 24.7 Å². The Labute approximate surface area is 80.5 Å². The van der Waals surface area contributed by atoms with Crippen molar-refractivity contribution in [3.8, 4) is 6.01 Å². The largest absolute Gasteiger partial charge is 0.467 e. The van der Waals surface area contributed by atoms with Gasteiger partial charge in [0.2, 0.25) is 5.91 Å². The van der Waals surface area contributed by atoms with Gasteiger partial charge in [-0.1, -0.05) is 0 Å². The molecule has 1 aromatic rings. The minimum atomic E-state index is -0.498. The van der Waals surface area contributed by atoms with E-state index < -0.39 is 5.91 Å². The van der Waals surface area contributed by atoms with Crippen LogP contribution >= 0.6 is 0 Å². The van der Waals surface area contributed by atoms with Crippen LogP contribution in [0.5, 0.6) is 6.01 Å². The molecule has 1 aromatic heterocycles. The van der Waals surface area contributed by atoms with Crippen LogP contribution in [0.1, 0.15) is 0 Å². The lowest BCUT2D eigenvalue weighted by molar-refractivity contribution is -0.116. The van der Waals surface area contributed by atoms with Crippen LogP contribution in [0.3, 0.4) is 0 Å². The molecule has 0 spiro atoms. The van der Waals surface area contributed by atoms with Gasteiger partial charge in [0.05, 0.1) is 25.5 Å². The summed E-state index contributed by atoms with van der Waals surface area (Å²) >= 11 is 0. The molecule has 0 unspecified atom stereocenters. The van der Waals surface area contributed by atoms with Gasteiger partial charge in [-0.25, -0.2) is 4.98 Å². The Morgan fingerprint density at radius 1 is 1.71 bits per heavy atom. The van der Waals surface area contributed by atoms with E-state index in [0.29, 0.717) is 11.5 Å². The summed E-state index contributed by atoms with van der Waals surface area (Å²) in [5.74, 6) is -0.169. The standard InChI is InChI=1S/C7H11N5O2/c1-14-7-11-2-4(8)6(12-7)10-3-5(9)13/h2H,3,8H2,1H3,(H2,9,13)(H,10,11,12). The van der Waals surface area contributed by atoms with Gasteiger partial charge in [-0.3, -0.25) is 4.79 Å². The Kier molecular flexibility index (Phi) is 3.05. The molecule has 0 aliphatic carbocycles. The van der Waals surface area contributed by atoms with Crippen molar-refractivity contribution in [2.45, 2.75) is 0 Å². The number of nitrogen functional groups attached to an aromatic ring is 1. The molecule has 0 aromatic carbocycles. The van der Waals surface area contributed by atoms with E-state index in [0.717, 1.165) is 0 Å². The number of hydrogen-bond donors (Lipinski definition) is 3. The van der Waals surface area contributed by atoms with Crippen LogP contribution in [0.2, 0.25) is 0 Å². The molecule has 0 bridgehead atoms. The second-order valence-electron chi connectivity index (χ2n) is 2.48. The summed E-state index contributed by atoms with van der Waals surface area (Å²) in [7, 11) is 1.43. The summed E-state index contributed by atoms with van der Waals surface area (Å²) in [6.07, 6.45) is 1.38. The van der Waals surface area contributed by atoms with Crippen molar-refractivity contribution in [2.24, 2.45) is 5.73 Å². The zero-order chi connectivity index (χ0) is 10.6. The maximum absolute atomic E-state index is 10.5. The molecular formula is C7H11N5O2. The smallest absolute Gasteiger partial charge is 0.318 e. The van der Waals surface area contributed by atoms with Crippen molar-refractivity contribution in [3.05, 3.63) is 6.20 Å². The third-order valence-electron chi connectivity index (χ3n) is 1.41. The summed E-state index contributed by atoms with van der Waals surface area (Å²) in [5.41, 5.74) is 10.8. The molecule has 0 aliphatic heterocycles. The lowest BCUT2D eigenvalue weighted by Gasteiger charge is -2.06. The zero-order valence-electron chi connectivity index (χ0n) is 7.65. The van der Waals surface area contributed by atoms with Crippen LogP contribution in [-0.4, -0.2) is 29.5 Å². The Hall–Kier alpha value is -2.05. The van der Waals surface area contributed by atoms with Crippen LogP contribution in [-0.2, 0) is 4.79 Å². The van der Waals surface area contributed by atoms with E-state index in [9.17, 15) is 4.79 Å². The minimum absolute atomic E-state index is 0.0373. The Balaban J connectivity index is 2.78. The fraction of sp³-hybridized carbons (Fsp3) is 0.286. The van der Waals surface area contributed by atoms with Gasteiger partial charge in [0.15, 0.2) is 5.82 Å². The van der Waals surface area contributed by atoms with Crippen LogP contribution < -0.4 is 21.5 Å². The summed E-state index contributed by atoms with van der Waals surface area (Å²) in [5, 5.41) is 2.66. The average molecular weight is 197 g/mol. The minimum Gasteiger partial charge on any atom is -0.467 e. The highest BCUT2D eigenvalue weighted by Gasteiger charge is 2.04. The molecule has 0 saturated heterocycles. The number of carbonyl (C=O) groups excluding carboxylic acids is 1. The second kappa shape index (κ2) is 4.26. The maximum atomic E-state index is 10.5. The number of amides is 1. The number of nitrogens with zero attached hydrogens (tertiary/aromatic N) is 2. The zero-order valence-corrected chi connectivity index (χ0v) is 7.65. The molecule has 7 nitrogen and oxygen atoms in total. The number of nitrogens with one attached hydrogen (secondary N) is 1. The first-order valence-electron chi connectivity index (χ1n) is 3.82. The van der Waals surface area contributed by atoms with Crippen LogP contribution in [0.15, 0.2) is 6.20 Å². The number of rotatable bonds is 4. The molecule has 0 saturated carbocycles. The van der Waals surface area contributed by atoms with E-state index in [1.165, 1.54) is 13.3 Å². The van der Waals surface area contributed by atoms with E-state index in [2.05, 4.69) is 15.3 Å². The topological polar surface area (TPSA) is 116 Å². The Morgan fingerprint density at radius 2 is 2.43 bits per heavy atom. The molecule has 0 aliphatic rings. The number of methoxy groups -OCH3 is 1. The first kappa shape index (κ1) is 10.0. The number of nitrogens with two attached hydrogens (primary N) is 2. The molecule has 1 heterocycles. The van der Waals surface area contributed by atoms with Gasteiger partial charge >= 0.3 is 6.01 Å². The van der Waals surface area contributed by atoms with Crippen LogP contribution in [0.25, 0.3) is 0 Å². The van der Waals surface area contributed by atoms with Crippen molar-refractivity contribution in [1.82, 2.24) is 9.97 Å². The second-order valence-corrected chi connectivity index (χ2v) is 2.48. The van der Waals surface area contributed by atoms with Gasteiger partial charge in [-0.05, 0) is 0 Å². The normalized spacial score (nSPS) is 9.50. The molecule has 14 heavy (non-hydrogen) atoms. The quantitative estimate of drug-likeness (QED) is 0.568. The van der Waals surface area contributed by atoms with E-state index in [4.69, 9.17) is 16.2 Å². The highest BCUT2D eigenvalue weighted by Crippen LogP contribution is 2.15. The van der Waals surface area contributed by atoms with E-state index in [1.807, 2.05) is 0 Å². The van der Waals surface area contributed by atoms with Gasteiger partial charge in [-0.2, -0.15) is 4.98 Å². The fourth-order valence-corrected chi connectivity index (χ4v) is 0.786. The van der Waals surface area contributed by atoms with Crippen molar-refractivity contribution in [1.29, 1.82) is 0 Å². The van der Waals surface area contributed by atoms with Gasteiger partial charge in [0, 0.05) is 0 Å². The third kappa shape index (κ3) is 2.47. The molecule has 7 heteroatoms. The van der Waals surface area contributed by atoms with Crippen molar-refractivity contribution >= 4 is 17.4 Å². The Bertz CT molecular complexity index is 341. The Morgan fingerprint density at radius 3 is 3.00 bits per heavy atom. The van der Waals surface area contributed by atoms with Crippen LogP contribution in [0.4, 0.5) is 11.5 Å². The molecule has 0 radical (unpaired) electrons. The molecule has 5 N–H and O–H groups in total. The number of carbonyl (C=O) groups is 1. The highest BCUT2D eigenvalue weighted by atomic mass is 16.5. The number of hydrogen-bond acceptors (Lipinski definition) is 6. The van der Waals surface area contributed by atoms with Crippen molar-refractivity contribution < 1.29 is 9.53 Å². The monoisotopic (exact) mass is 197 g/mol. The maximum Gasteiger partial charge on any atom is 0.318 e. The predicted octanol–water partition coefficient (Wildman–Crippen LogP) is -1.04. The predicted molar refractivity (Wildman–Crippen MR) is 50.7 cm³/mol. The van der Waals surface area contributed by atoms with Crippen LogP contribution in [0, 0.1) is 0 Å². The molecule has 0 fully saturated rings. The fourth-order valence-electron chi connectivity index (χ4n) is 0.786. The summed E-state index contributed by atoms with van der Waals surface area (Å²) in [6, 6.07) is 0.172. The lowest BCUT2D eigenvalue weighted by Crippen LogP contribution is -2.22. The first-order chi connectivity index (χ1) is 6.63. The highest BCUT2D eigenvalue weighted by molar-refractivity contribution is 5.79. The number of aromatic nitrogens is 2. The van der Waals surface area contributed by atoms with Gasteiger partial charge < -0.3 is 21.5 Å². The van der Waals surface area contributed by atoms with E-state index in [1.54, 1.807) is 0 Å². The molecule has 1 amide bonds. The third-order valence-corrected chi connectivity index (χ3v) is 1.41. The summed E-state index contributed by atoms with van der Waals surface area (Å²) in [6.45, 7) is -0.0373. The summed E-state index contributed by atoms with van der Waals surface area (Å²) in [4.78, 5) is 18.1. The molecular weight excluding hydrogens is 186 g/mol. The molecule has 1 rings (SSSR count). The lowest BCUT2D eigenvalue weighted by atomic mass is 10.4. The van der Waals surface area contributed by atoms with Gasteiger partial charge in [-0.15, -0.1) is 0 Å². The first-order valence-corrected chi connectivity index (χ1v) is 3.82. The van der Waals surface area contributed by atoms with E-state index >= 15 is 0 Å². The van der Waals surface area contributed by atoms with Crippen molar-refractivity contribution in [3.63, 3.8) is 0 Å². The van der Waals surface area contributed by atoms with Gasteiger partial charge in [0.25, 0.3) is 0 Å². The number of primary amides is 1. The molecule has 0 atom stereocenters. The number of anilines is 2. The molecule has 76 valence electrons. The summed E-state index contributed by atoms with van der Waals surface area (Å²) < 4.78 is 4.78. The average Bonchev–Trinajstić information content (AvgIpc) is 2.16. The SMILES string of the molecule is COc1ncc(N)c(NCC(N)=O)n1. The van der Waals surface area contributed by atoms with Gasteiger partial charge in [0.1, 0.15) is 0 Å².